The Morgan fingerprint density at radius 2 is 2.21 bits per heavy atom. The molecule has 0 aliphatic heterocycles. The highest BCUT2D eigenvalue weighted by atomic mass is 35.5. The van der Waals surface area contributed by atoms with Gasteiger partial charge in [-0.3, -0.25) is 10.1 Å². The summed E-state index contributed by atoms with van der Waals surface area (Å²) < 4.78 is 5.81. The molecule has 1 amide bonds. The van der Waals surface area contributed by atoms with Crippen molar-refractivity contribution < 1.29 is 9.21 Å². The van der Waals surface area contributed by atoms with E-state index in [9.17, 15) is 4.79 Å². The fourth-order valence-electron chi connectivity index (χ4n) is 1.58. The van der Waals surface area contributed by atoms with E-state index in [4.69, 9.17) is 27.6 Å². The van der Waals surface area contributed by atoms with Crippen molar-refractivity contribution in [3.05, 3.63) is 46.3 Å². The average molecular weight is 313 g/mol. The van der Waals surface area contributed by atoms with Gasteiger partial charge < -0.3 is 4.42 Å². The topological polar surface area (TPSA) is 55.1 Å². The number of rotatable bonds is 2. The molecule has 4 nitrogen and oxygen atoms in total. The van der Waals surface area contributed by atoms with Crippen LogP contribution in [0.2, 0.25) is 10.0 Å². The number of aromatic nitrogens is 1. The van der Waals surface area contributed by atoms with Crippen molar-refractivity contribution in [3.8, 4) is 0 Å². The molecule has 0 fully saturated rings. The summed E-state index contributed by atoms with van der Waals surface area (Å²) in [5, 5.41) is 4.09. The van der Waals surface area contributed by atoms with Crippen molar-refractivity contribution in [2.24, 2.45) is 0 Å². The Bertz CT molecular complexity index is 753. The smallest absolute Gasteiger partial charge is 0.293 e. The predicted octanol–water partition coefficient (Wildman–Crippen LogP) is 4.45. The number of carbonyl (C=O) groups is 1. The van der Waals surface area contributed by atoms with Gasteiger partial charge in [0, 0.05) is 5.02 Å². The molecule has 1 N–H and O–H groups in total. The maximum atomic E-state index is 11.8. The minimum atomic E-state index is -0.355. The molecule has 0 spiro atoms. The van der Waals surface area contributed by atoms with Gasteiger partial charge in [-0.05, 0) is 24.3 Å². The van der Waals surface area contributed by atoms with Gasteiger partial charge in [0.05, 0.1) is 16.0 Å². The number of benzene rings is 1. The first-order valence-electron chi connectivity index (χ1n) is 5.24. The molecule has 3 rings (SSSR count). The second-order valence-electron chi connectivity index (χ2n) is 3.68. The zero-order valence-corrected chi connectivity index (χ0v) is 11.6. The van der Waals surface area contributed by atoms with Gasteiger partial charge in [-0.1, -0.05) is 34.5 Å². The highest BCUT2D eigenvalue weighted by Gasteiger charge is 2.13. The van der Waals surface area contributed by atoms with Crippen LogP contribution in [0.15, 0.2) is 34.9 Å². The predicted molar refractivity (Wildman–Crippen MR) is 76.3 cm³/mol. The monoisotopic (exact) mass is 312 g/mol. The van der Waals surface area contributed by atoms with Crippen LogP contribution in [0.25, 0.3) is 10.2 Å². The van der Waals surface area contributed by atoms with Crippen molar-refractivity contribution in [3.63, 3.8) is 0 Å². The van der Waals surface area contributed by atoms with Crippen molar-refractivity contribution in [1.29, 1.82) is 0 Å². The third kappa shape index (κ3) is 2.45. The van der Waals surface area contributed by atoms with Crippen LogP contribution in [-0.2, 0) is 0 Å². The number of halogens is 2. The highest BCUT2D eigenvalue weighted by molar-refractivity contribution is 7.22. The molecule has 0 bridgehead atoms. The molecule has 96 valence electrons. The zero-order chi connectivity index (χ0) is 13.4. The van der Waals surface area contributed by atoms with E-state index in [0.717, 1.165) is 4.70 Å². The van der Waals surface area contributed by atoms with E-state index >= 15 is 0 Å². The van der Waals surface area contributed by atoms with Gasteiger partial charge in [-0.25, -0.2) is 4.98 Å². The molecule has 0 saturated carbocycles. The van der Waals surface area contributed by atoms with Crippen molar-refractivity contribution in [1.82, 2.24) is 4.98 Å². The van der Waals surface area contributed by atoms with E-state index in [1.807, 2.05) is 0 Å². The maximum Gasteiger partial charge on any atom is 0.293 e. The molecule has 7 heteroatoms. The molecule has 0 unspecified atom stereocenters. The van der Waals surface area contributed by atoms with Crippen molar-refractivity contribution in [2.75, 3.05) is 5.32 Å². The number of hydrogen-bond acceptors (Lipinski definition) is 4. The Hall–Kier alpha value is -1.56. The molecule has 0 saturated heterocycles. The fourth-order valence-corrected chi connectivity index (χ4v) is 3.16. The van der Waals surface area contributed by atoms with E-state index in [1.165, 1.54) is 17.6 Å². The maximum absolute atomic E-state index is 11.8. The molecular formula is C12H6Cl2N2O2S. The number of hydrogen-bond donors (Lipinski definition) is 1. The number of furan rings is 1. The van der Waals surface area contributed by atoms with Gasteiger partial charge in [0.2, 0.25) is 0 Å². The largest absolute Gasteiger partial charge is 0.459 e. The molecule has 0 aliphatic carbocycles. The fraction of sp³-hybridized carbons (Fsp3) is 0. The summed E-state index contributed by atoms with van der Waals surface area (Å²) in [7, 11) is 0. The van der Waals surface area contributed by atoms with Gasteiger partial charge >= 0.3 is 0 Å². The second-order valence-corrected chi connectivity index (χ2v) is 5.56. The van der Waals surface area contributed by atoms with Gasteiger partial charge in [0.1, 0.15) is 5.52 Å². The number of anilines is 1. The lowest BCUT2D eigenvalue weighted by Crippen LogP contribution is -2.10. The molecule has 0 aliphatic rings. The van der Waals surface area contributed by atoms with Crippen LogP contribution in [0.4, 0.5) is 5.13 Å². The minimum absolute atomic E-state index is 0.225. The van der Waals surface area contributed by atoms with Crippen LogP contribution < -0.4 is 5.32 Å². The van der Waals surface area contributed by atoms with Gasteiger partial charge in [-0.2, -0.15) is 0 Å². The SMILES string of the molecule is O=C(Nc1nc2c(Cl)cc(Cl)cc2s1)c1ccco1. The van der Waals surface area contributed by atoms with E-state index < -0.39 is 0 Å². The molecule has 19 heavy (non-hydrogen) atoms. The Kier molecular flexibility index (Phi) is 3.18. The van der Waals surface area contributed by atoms with Gasteiger partial charge in [0.15, 0.2) is 10.9 Å². The number of carbonyl (C=O) groups excluding carboxylic acids is 1. The summed E-state index contributed by atoms with van der Waals surface area (Å²) in [4.78, 5) is 16.1. The van der Waals surface area contributed by atoms with E-state index in [2.05, 4.69) is 10.3 Å². The first-order chi connectivity index (χ1) is 9.13. The summed E-state index contributed by atoms with van der Waals surface area (Å²) in [6.07, 6.45) is 1.43. The van der Waals surface area contributed by atoms with Crippen molar-refractivity contribution in [2.45, 2.75) is 0 Å². The molecule has 2 aromatic heterocycles. The number of fused-ring (bicyclic) bond motifs is 1. The van der Waals surface area contributed by atoms with Crippen LogP contribution >= 0.6 is 34.5 Å². The molecule has 1 aromatic carbocycles. The number of amides is 1. The molecule has 2 heterocycles. The number of thiazole rings is 1. The van der Waals surface area contributed by atoms with Crippen LogP contribution in [-0.4, -0.2) is 10.9 Å². The lowest BCUT2D eigenvalue weighted by atomic mass is 10.3. The van der Waals surface area contributed by atoms with Crippen molar-refractivity contribution >= 4 is 55.8 Å². The lowest BCUT2D eigenvalue weighted by Gasteiger charge is -1.96. The molecule has 0 radical (unpaired) electrons. The number of nitrogens with one attached hydrogen (secondary N) is 1. The Morgan fingerprint density at radius 3 is 2.95 bits per heavy atom. The van der Waals surface area contributed by atoms with Crippen LogP contribution in [0.5, 0.6) is 0 Å². The Balaban J connectivity index is 1.94. The summed E-state index contributed by atoms with van der Waals surface area (Å²) in [5.74, 6) is -0.130. The summed E-state index contributed by atoms with van der Waals surface area (Å²) in [6.45, 7) is 0. The van der Waals surface area contributed by atoms with E-state index in [1.54, 1.807) is 24.3 Å². The lowest BCUT2D eigenvalue weighted by molar-refractivity contribution is 0.0996. The van der Waals surface area contributed by atoms with Gasteiger partial charge in [0.25, 0.3) is 5.91 Å². The van der Waals surface area contributed by atoms with E-state index in [0.29, 0.717) is 20.7 Å². The summed E-state index contributed by atoms with van der Waals surface area (Å²) >= 11 is 13.3. The highest BCUT2D eigenvalue weighted by Crippen LogP contribution is 2.33. The molecular weight excluding hydrogens is 307 g/mol. The second kappa shape index (κ2) is 4.85. The molecule has 3 aromatic rings. The normalized spacial score (nSPS) is 10.8. The third-order valence-corrected chi connectivity index (χ3v) is 3.80. The van der Waals surface area contributed by atoms with Crippen LogP contribution in [0, 0.1) is 0 Å². The standard InChI is InChI=1S/C12H6Cl2N2O2S/c13-6-4-7(14)10-9(5-6)19-12(15-10)16-11(17)8-2-1-3-18-8/h1-5H,(H,15,16,17). The Labute approximate surface area is 122 Å². The zero-order valence-electron chi connectivity index (χ0n) is 9.31. The first kappa shape index (κ1) is 12.5. The van der Waals surface area contributed by atoms with Gasteiger partial charge in [-0.15, -0.1) is 0 Å². The summed E-state index contributed by atoms with van der Waals surface area (Å²) in [5.41, 5.74) is 0.616. The molecule has 0 atom stereocenters. The third-order valence-electron chi connectivity index (χ3n) is 2.38. The van der Waals surface area contributed by atoms with Crippen LogP contribution in [0.1, 0.15) is 10.6 Å². The van der Waals surface area contributed by atoms with E-state index in [-0.39, 0.29) is 11.7 Å². The minimum Gasteiger partial charge on any atom is -0.459 e. The quantitative estimate of drug-likeness (QED) is 0.760. The Morgan fingerprint density at radius 1 is 1.37 bits per heavy atom. The summed E-state index contributed by atoms with van der Waals surface area (Å²) in [6, 6.07) is 6.59. The van der Waals surface area contributed by atoms with Crippen LogP contribution in [0.3, 0.4) is 0 Å². The average Bonchev–Trinajstić information content (AvgIpc) is 2.96. The first-order valence-corrected chi connectivity index (χ1v) is 6.81. The number of nitrogens with zero attached hydrogens (tertiary/aromatic N) is 1.